The van der Waals surface area contributed by atoms with E-state index in [1.165, 1.54) is 56.2 Å². The van der Waals surface area contributed by atoms with E-state index in [4.69, 9.17) is 0 Å². The average Bonchev–Trinajstić information content (AvgIpc) is 3.01. The lowest BCUT2D eigenvalue weighted by Gasteiger charge is -2.37. The Morgan fingerprint density at radius 1 is 1.18 bits per heavy atom. The molecule has 1 aromatic rings. The molecule has 1 aromatic heterocycles. The summed E-state index contributed by atoms with van der Waals surface area (Å²) in [4.78, 5) is 1.48. The molecule has 0 amide bonds. The number of nitrogens with one attached hydrogen (secondary N) is 1. The molecule has 0 unspecified atom stereocenters. The van der Waals surface area contributed by atoms with Gasteiger partial charge in [-0.1, -0.05) is 18.9 Å². The summed E-state index contributed by atoms with van der Waals surface area (Å²) in [6.45, 7) is 1.08. The third-order valence-corrected chi connectivity index (χ3v) is 5.73. The molecule has 2 fully saturated rings. The Morgan fingerprint density at radius 2 is 1.94 bits per heavy atom. The minimum absolute atomic E-state index is 0.779. The van der Waals surface area contributed by atoms with Crippen LogP contribution in [0.3, 0.4) is 0 Å². The predicted octanol–water partition coefficient (Wildman–Crippen LogP) is 4.34. The monoisotopic (exact) mass is 249 g/mol. The molecule has 1 N–H and O–H groups in total. The molecule has 2 saturated carbocycles. The van der Waals surface area contributed by atoms with E-state index < -0.39 is 0 Å². The van der Waals surface area contributed by atoms with Crippen molar-refractivity contribution in [1.29, 1.82) is 0 Å². The molecule has 3 rings (SSSR count). The second kappa shape index (κ2) is 5.11. The van der Waals surface area contributed by atoms with E-state index in [1.807, 2.05) is 11.3 Å². The van der Waals surface area contributed by atoms with Gasteiger partial charge in [-0.05, 0) is 55.4 Å². The highest BCUT2D eigenvalue weighted by atomic mass is 32.1. The highest BCUT2D eigenvalue weighted by Crippen LogP contribution is 2.48. The largest absolute Gasteiger partial charge is 0.309 e. The molecule has 2 aliphatic rings. The Morgan fingerprint density at radius 3 is 2.59 bits per heavy atom. The van der Waals surface area contributed by atoms with Gasteiger partial charge in [0.15, 0.2) is 0 Å². The van der Waals surface area contributed by atoms with Crippen molar-refractivity contribution >= 4 is 11.3 Å². The van der Waals surface area contributed by atoms with Gasteiger partial charge in [-0.15, -0.1) is 11.3 Å². The predicted molar refractivity (Wildman–Crippen MR) is 74.3 cm³/mol. The Balaban J connectivity index is 1.45. The van der Waals surface area contributed by atoms with Gasteiger partial charge in [-0.25, -0.2) is 0 Å². The maximum absolute atomic E-state index is 3.74. The summed E-state index contributed by atoms with van der Waals surface area (Å²) >= 11 is 1.87. The molecule has 0 aliphatic heterocycles. The van der Waals surface area contributed by atoms with Gasteiger partial charge in [0, 0.05) is 17.5 Å². The summed E-state index contributed by atoms with van der Waals surface area (Å²) in [5.74, 6) is 0. The van der Waals surface area contributed by atoms with Crippen molar-refractivity contribution in [3.63, 3.8) is 0 Å². The Labute approximate surface area is 109 Å². The van der Waals surface area contributed by atoms with Crippen LogP contribution in [0.5, 0.6) is 0 Å². The summed E-state index contributed by atoms with van der Waals surface area (Å²) in [5, 5.41) is 5.91. The Bertz CT molecular complexity index is 328. The molecular formula is C15H23NS. The van der Waals surface area contributed by atoms with Crippen molar-refractivity contribution in [3.05, 3.63) is 22.4 Å². The van der Waals surface area contributed by atoms with Crippen molar-refractivity contribution in [3.8, 4) is 0 Å². The minimum atomic E-state index is 0.779. The molecule has 1 nitrogen and oxygen atoms in total. The van der Waals surface area contributed by atoms with Crippen molar-refractivity contribution < 1.29 is 0 Å². The van der Waals surface area contributed by atoms with E-state index in [0.29, 0.717) is 0 Å². The molecule has 17 heavy (non-hydrogen) atoms. The van der Waals surface area contributed by atoms with Crippen LogP contribution in [-0.2, 0) is 6.54 Å². The molecule has 0 aromatic carbocycles. The van der Waals surface area contributed by atoms with Crippen LogP contribution in [0.4, 0.5) is 0 Å². The molecular weight excluding hydrogens is 226 g/mol. The van der Waals surface area contributed by atoms with E-state index in [1.54, 1.807) is 0 Å². The smallest absolute Gasteiger partial charge is 0.0302 e. The summed E-state index contributed by atoms with van der Waals surface area (Å²) in [7, 11) is 0. The van der Waals surface area contributed by atoms with Crippen LogP contribution < -0.4 is 5.32 Å². The SMILES string of the molecule is c1csc(CNC2CCC3(CCCC3)CC2)c1. The third kappa shape index (κ3) is 2.74. The van der Waals surface area contributed by atoms with Crippen molar-refractivity contribution in [2.45, 2.75) is 64.0 Å². The second-order valence-electron chi connectivity index (χ2n) is 5.94. The third-order valence-electron chi connectivity index (χ3n) is 4.86. The average molecular weight is 249 g/mol. The molecule has 1 heterocycles. The first kappa shape index (κ1) is 11.7. The molecule has 0 saturated heterocycles. The van der Waals surface area contributed by atoms with E-state index in [9.17, 15) is 0 Å². The van der Waals surface area contributed by atoms with Crippen LogP contribution in [-0.4, -0.2) is 6.04 Å². The first-order valence-electron chi connectivity index (χ1n) is 7.12. The summed E-state index contributed by atoms with van der Waals surface area (Å²) in [6.07, 6.45) is 11.8. The lowest BCUT2D eigenvalue weighted by Crippen LogP contribution is -2.36. The zero-order chi connectivity index (χ0) is 11.6. The van der Waals surface area contributed by atoms with Crippen LogP contribution >= 0.6 is 11.3 Å². The van der Waals surface area contributed by atoms with E-state index in [2.05, 4.69) is 22.8 Å². The first-order valence-corrected chi connectivity index (χ1v) is 8.00. The molecule has 94 valence electrons. The fourth-order valence-electron chi connectivity index (χ4n) is 3.72. The highest BCUT2D eigenvalue weighted by Gasteiger charge is 2.37. The molecule has 2 aliphatic carbocycles. The van der Waals surface area contributed by atoms with Crippen molar-refractivity contribution in [2.24, 2.45) is 5.41 Å². The zero-order valence-electron chi connectivity index (χ0n) is 10.6. The van der Waals surface area contributed by atoms with Gasteiger partial charge in [-0.3, -0.25) is 0 Å². The van der Waals surface area contributed by atoms with Crippen molar-refractivity contribution in [1.82, 2.24) is 5.32 Å². The van der Waals surface area contributed by atoms with Gasteiger partial charge in [0.1, 0.15) is 0 Å². The Kier molecular flexibility index (Phi) is 3.53. The van der Waals surface area contributed by atoms with E-state index in [-0.39, 0.29) is 0 Å². The lowest BCUT2D eigenvalue weighted by atomic mass is 9.71. The number of thiophene rings is 1. The Hall–Kier alpha value is -0.340. The highest BCUT2D eigenvalue weighted by molar-refractivity contribution is 7.09. The van der Waals surface area contributed by atoms with Gasteiger partial charge in [-0.2, -0.15) is 0 Å². The summed E-state index contributed by atoms with van der Waals surface area (Å²) in [6, 6.07) is 5.16. The van der Waals surface area contributed by atoms with Crippen LogP contribution in [0, 0.1) is 5.41 Å². The summed E-state index contributed by atoms with van der Waals surface area (Å²) < 4.78 is 0. The van der Waals surface area contributed by atoms with Crippen LogP contribution in [0.2, 0.25) is 0 Å². The zero-order valence-corrected chi connectivity index (χ0v) is 11.4. The number of hydrogen-bond donors (Lipinski definition) is 1. The maximum atomic E-state index is 3.74. The normalized spacial score (nSPS) is 24.5. The van der Waals surface area contributed by atoms with Crippen molar-refractivity contribution in [2.75, 3.05) is 0 Å². The molecule has 1 spiro atoms. The van der Waals surface area contributed by atoms with Gasteiger partial charge in [0.2, 0.25) is 0 Å². The first-order chi connectivity index (χ1) is 8.36. The number of hydrogen-bond acceptors (Lipinski definition) is 2. The van der Waals surface area contributed by atoms with E-state index >= 15 is 0 Å². The molecule has 0 bridgehead atoms. The molecule has 0 atom stereocenters. The fourth-order valence-corrected chi connectivity index (χ4v) is 4.37. The van der Waals surface area contributed by atoms with Gasteiger partial charge in [0.05, 0.1) is 0 Å². The quantitative estimate of drug-likeness (QED) is 0.840. The van der Waals surface area contributed by atoms with Gasteiger partial charge >= 0.3 is 0 Å². The van der Waals surface area contributed by atoms with Crippen LogP contribution in [0.25, 0.3) is 0 Å². The molecule has 0 radical (unpaired) electrons. The fraction of sp³-hybridized carbons (Fsp3) is 0.733. The van der Waals surface area contributed by atoms with Gasteiger partial charge < -0.3 is 5.32 Å². The second-order valence-corrected chi connectivity index (χ2v) is 6.97. The minimum Gasteiger partial charge on any atom is -0.309 e. The topological polar surface area (TPSA) is 12.0 Å². The summed E-state index contributed by atoms with van der Waals surface area (Å²) in [5.41, 5.74) is 0.779. The molecule has 2 heteroatoms. The van der Waals surface area contributed by atoms with Crippen LogP contribution in [0.15, 0.2) is 17.5 Å². The maximum Gasteiger partial charge on any atom is 0.0302 e. The lowest BCUT2D eigenvalue weighted by molar-refractivity contribution is 0.168. The number of rotatable bonds is 3. The van der Waals surface area contributed by atoms with Gasteiger partial charge in [0.25, 0.3) is 0 Å². The van der Waals surface area contributed by atoms with Crippen LogP contribution in [0.1, 0.15) is 56.2 Å². The van der Waals surface area contributed by atoms with E-state index in [0.717, 1.165) is 18.0 Å². The standard InChI is InChI=1S/C15H23NS/c1-2-8-15(7-1)9-5-13(6-10-15)16-12-14-4-3-11-17-14/h3-4,11,13,16H,1-2,5-10,12H2.